The summed E-state index contributed by atoms with van der Waals surface area (Å²) in [6.07, 6.45) is 0. The molecule has 0 N–H and O–H groups in total. The molecule has 0 fully saturated rings. The molecule has 0 radical (unpaired) electrons. The highest BCUT2D eigenvalue weighted by molar-refractivity contribution is 9.10. The van der Waals surface area contributed by atoms with Crippen molar-refractivity contribution in [2.75, 3.05) is 0 Å². The second kappa shape index (κ2) is 4.91. The molecule has 0 spiro atoms. The van der Waals surface area contributed by atoms with Gasteiger partial charge >= 0.3 is 0 Å². The first-order valence-electron chi connectivity index (χ1n) is 5.95. The zero-order valence-corrected chi connectivity index (χ0v) is 12.7. The van der Waals surface area contributed by atoms with Crippen molar-refractivity contribution in [3.05, 3.63) is 68.3 Å². The number of carbonyl (C=O) groups is 1. The molecule has 94 valence electrons. The summed E-state index contributed by atoms with van der Waals surface area (Å²) in [6, 6.07) is 15.8. The first-order chi connectivity index (χ1) is 9.16. The maximum Gasteiger partial charge on any atom is 0.204 e. The second-order valence-electron chi connectivity index (χ2n) is 4.39. The highest BCUT2D eigenvalue weighted by atomic mass is 79.9. The van der Waals surface area contributed by atoms with E-state index in [2.05, 4.69) is 15.9 Å². The summed E-state index contributed by atoms with van der Waals surface area (Å²) in [5, 5.41) is 2.10. The number of fused-ring (bicyclic) bond motifs is 1. The summed E-state index contributed by atoms with van der Waals surface area (Å²) >= 11 is 5.00. The molecule has 3 heteroatoms. The van der Waals surface area contributed by atoms with Crippen molar-refractivity contribution in [1.29, 1.82) is 0 Å². The molecular formula is C16H11BrOS. The van der Waals surface area contributed by atoms with Crippen molar-refractivity contribution in [2.45, 2.75) is 6.92 Å². The van der Waals surface area contributed by atoms with Crippen molar-refractivity contribution in [3.8, 4) is 0 Å². The monoisotopic (exact) mass is 330 g/mol. The molecule has 19 heavy (non-hydrogen) atoms. The maximum absolute atomic E-state index is 12.7. The predicted octanol–water partition coefficient (Wildman–Crippen LogP) is 5.20. The predicted molar refractivity (Wildman–Crippen MR) is 84.1 cm³/mol. The van der Waals surface area contributed by atoms with Crippen LogP contribution in [0.1, 0.15) is 20.1 Å². The fourth-order valence-electron chi connectivity index (χ4n) is 2.18. The Bertz CT molecular complexity index is 768. The Morgan fingerprint density at radius 2 is 1.84 bits per heavy atom. The van der Waals surface area contributed by atoms with E-state index in [0.29, 0.717) is 0 Å². The number of halogens is 1. The Balaban J connectivity index is 2.19. The van der Waals surface area contributed by atoms with Gasteiger partial charge in [0.05, 0.1) is 4.88 Å². The molecule has 0 aliphatic rings. The molecule has 2 aromatic carbocycles. The lowest BCUT2D eigenvalue weighted by Gasteiger charge is -2.04. The molecule has 0 atom stereocenters. The van der Waals surface area contributed by atoms with Crippen LogP contribution in [0.5, 0.6) is 0 Å². The zero-order valence-electron chi connectivity index (χ0n) is 10.3. The van der Waals surface area contributed by atoms with E-state index in [1.165, 1.54) is 11.3 Å². The lowest BCUT2D eigenvalue weighted by molar-refractivity contribution is 0.104. The van der Waals surface area contributed by atoms with Crippen LogP contribution in [0.3, 0.4) is 0 Å². The van der Waals surface area contributed by atoms with Gasteiger partial charge < -0.3 is 0 Å². The molecular weight excluding hydrogens is 320 g/mol. The number of rotatable bonds is 2. The van der Waals surface area contributed by atoms with Gasteiger partial charge in [0.2, 0.25) is 5.78 Å². The van der Waals surface area contributed by atoms with Crippen LogP contribution in [0.2, 0.25) is 0 Å². The standard InChI is InChI=1S/C16H11BrOS/c1-10-9-14(17)16(19-10)15(18)13-8-4-6-11-5-2-3-7-12(11)13/h2-9H,1H3. The SMILES string of the molecule is Cc1cc(Br)c(C(=O)c2cccc3ccccc23)s1. The topological polar surface area (TPSA) is 17.1 Å². The summed E-state index contributed by atoms with van der Waals surface area (Å²) in [4.78, 5) is 14.6. The summed E-state index contributed by atoms with van der Waals surface area (Å²) in [7, 11) is 0. The first kappa shape index (κ1) is 12.6. The van der Waals surface area contributed by atoms with Gasteiger partial charge in [-0.25, -0.2) is 0 Å². The van der Waals surface area contributed by atoms with Gasteiger partial charge in [-0.3, -0.25) is 4.79 Å². The highest BCUT2D eigenvalue weighted by Crippen LogP contribution is 2.31. The maximum atomic E-state index is 12.7. The fraction of sp³-hybridized carbons (Fsp3) is 0.0625. The van der Waals surface area contributed by atoms with E-state index in [0.717, 1.165) is 30.6 Å². The van der Waals surface area contributed by atoms with Crippen molar-refractivity contribution in [3.63, 3.8) is 0 Å². The lowest BCUT2D eigenvalue weighted by atomic mass is 10.0. The molecule has 3 aromatic rings. The molecule has 0 amide bonds. The van der Waals surface area contributed by atoms with E-state index in [-0.39, 0.29) is 5.78 Å². The number of aryl methyl sites for hydroxylation is 1. The smallest absolute Gasteiger partial charge is 0.204 e. The van der Waals surface area contributed by atoms with Crippen LogP contribution >= 0.6 is 27.3 Å². The normalized spacial score (nSPS) is 10.8. The third kappa shape index (κ3) is 2.24. The van der Waals surface area contributed by atoms with E-state index in [9.17, 15) is 4.79 Å². The molecule has 1 heterocycles. The van der Waals surface area contributed by atoms with Crippen LogP contribution in [-0.4, -0.2) is 5.78 Å². The van der Waals surface area contributed by atoms with Gasteiger partial charge in [-0.2, -0.15) is 0 Å². The van der Waals surface area contributed by atoms with Crippen LogP contribution in [0.4, 0.5) is 0 Å². The Morgan fingerprint density at radius 3 is 2.58 bits per heavy atom. The van der Waals surface area contributed by atoms with Gasteiger partial charge in [0.15, 0.2) is 0 Å². The first-order valence-corrected chi connectivity index (χ1v) is 7.56. The van der Waals surface area contributed by atoms with E-state index in [1.54, 1.807) is 0 Å². The zero-order chi connectivity index (χ0) is 13.4. The third-order valence-corrected chi connectivity index (χ3v) is 4.99. The summed E-state index contributed by atoms with van der Waals surface area (Å²) in [5.41, 5.74) is 0.764. The molecule has 0 saturated heterocycles. The van der Waals surface area contributed by atoms with Gasteiger partial charge in [0.1, 0.15) is 0 Å². The van der Waals surface area contributed by atoms with Gasteiger partial charge in [-0.05, 0) is 39.7 Å². The molecule has 1 nitrogen and oxygen atoms in total. The van der Waals surface area contributed by atoms with Crippen LogP contribution < -0.4 is 0 Å². The summed E-state index contributed by atoms with van der Waals surface area (Å²) in [6.45, 7) is 2.01. The number of hydrogen-bond donors (Lipinski definition) is 0. The molecule has 0 aliphatic carbocycles. The third-order valence-electron chi connectivity index (χ3n) is 3.05. The number of hydrogen-bond acceptors (Lipinski definition) is 2. The number of thiophene rings is 1. The average molecular weight is 331 g/mol. The van der Waals surface area contributed by atoms with Crippen molar-refractivity contribution >= 4 is 43.8 Å². The molecule has 0 bridgehead atoms. The number of benzene rings is 2. The van der Waals surface area contributed by atoms with E-state index in [4.69, 9.17) is 0 Å². The molecule has 0 unspecified atom stereocenters. The van der Waals surface area contributed by atoms with Crippen LogP contribution in [-0.2, 0) is 0 Å². The largest absolute Gasteiger partial charge is 0.288 e. The summed E-state index contributed by atoms with van der Waals surface area (Å²) in [5.74, 6) is 0.0850. The Morgan fingerprint density at radius 1 is 1.11 bits per heavy atom. The molecule has 3 rings (SSSR count). The number of carbonyl (C=O) groups excluding carboxylic acids is 1. The summed E-state index contributed by atoms with van der Waals surface area (Å²) < 4.78 is 0.882. The van der Waals surface area contributed by atoms with Crippen LogP contribution in [0.15, 0.2) is 53.0 Å². The quantitative estimate of drug-likeness (QED) is 0.590. The van der Waals surface area contributed by atoms with Crippen LogP contribution in [0.25, 0.3) is 10.8 Å². The van der Waals surface area contributed by atoms with E-state index >= 15 is 0 Å². The Hall–Kier alpha value is -1.45. The fourth-order valence-corrected chi connectivity index (χ4v) is 3.96. The minimum Gasteiger partial charge on any atom is -0.288 e. The molecule has 0 saturated carbocycles. The van der Waals surface area contributed by atoms with Gasteiger partial charge in [-0.15, -0.1) is 11.3 Å². The lowest BCUT2D eigenvalue weighted by Crippen LogP contribution is -2.00. The minimum atomic E-state index is 0.0850. The average Bonchev–Trinajstić information content (AvgIpc) is 2.76. The van der Waals surface area contributed by atoms with Crippen LogP contribution in [0, 0.1) is 6.92 Å². The molecule has 0 aliphatic heterocycles. The van der Waals surface area contributed by atoms with Crippen molar-refractivity contribution in [2.24, 2.45) is 0 Å². The van der Waals surface area contributed by atoms with Gasteiger partial charge in [-0.1, -0.05) is 42.5 Å². The second-order valence-corrected chi connectivity index (χ2v) is 6.50. The Labute approximate surface area is 124 Å². The minimum absolute atomic E-state index is 0.0850. The Kier molecular flexibility index (Phi) is 3.25. The van der Waals surface area contributed by atoms with Crippen molar-refractivity contribution < 1.29 is 4.79 Å². The highest BCUT2D eigenvalue weighted by Gasteiger charge is 2.17. The molecule has 1 aromatic heterocycles. The van der Waals surface area contributed by atoms with Gasteiger partial charge in [0.25, 0.3) is 0 Å². The van der Waals surface area contributed by atoms with E-state index in [1.807, 2.05) is 55.5 Å². The van der Waals surface area contributed by atoms with E-state index < -0.39 is 0 Å². The van der Waals surface area contributed by atoms with Crippen molar-refractivity contribution in [1.82, 2.24) is 0 Å². The number of ketones is 1. The van der Waals surface area contributed by atoms with Gasteiger partial charge in [0, 0.05) is 14.9 Å².